The SMILES string of the molecule is CS(=O)(=O)N(Cc1ccc(-c2nnc(C(F)(F)F)o2)nc1)c1ccccc1.CS(=O)(=O)N(Cc1ccc(C(=O)CN)nc1)c1ccccc1. The zero-order valence-corrected chi connectivity index (χ0v) is 27.7. The van der Waals surface area contributed by atoms with Crippen LogP contribution in [-0.2, 0) is 39.3 Å². The van der Waals surface area contributed by atoms with E-state index in [1.165, 1.54) is 33.1 Å². The Balaban J connectivity index is 0.000000226. The van der Waals surface area contributed by atoms with Crippen molar-refractivity contribution in [2.75, 3.05) is 27.7 Å². The van der Waals surface area contributed by atoms with Gasteiger partial charge >= 0.3 is 12.1 Å². The molecule has 0 bridgehead atoms. The molecule has 0 aliphatic carbocycles. The van der Waals surface area contributed by atoms with E-state index in [2.05, 4.69) is 24.6 Å². The molecular weight excluding hydrogens is 688 g/mol. The highest BCUT2D eigenvalue weighted by Crippen LogP contribution is 2.30. The molecule has 3 aromatic heterocycles. The number of Topliss-reactive ketones (excluding diaryl/α,β-unsaturated/α-hetero) is 1. The van der Waals surface area contributed by atoms with Crippen LogP contribution >= 0.6 is 0 Å². The van der Waals surface area contributed by atoms with Gasteiger partial charge in [-0.25, -0.2) is 16.8 Å². The van der Waals surface area contributed by atoms with Crippen molar-refractivity contribution < 1.29 is 39.2 Å². The summed E-state index contributed by atoms with van der Waals surface area (Å²) in [6, 6.07) is 23.4. The van der Waals surface area contributed by atoms with Crippen molar-refractivity contribution in [3.63, 3.8) is 0 Å². The Morgan fingerprint density at radius 2 is 1.22 bits per heavy atom. The highest BCUT2D eigenvalue weighted by Gasteiger charge is 2.38. The van der Waals surface area contributed by atoms with Crippen molar-refractivity contribution in [1.29, 1.82) is 0 Å². The zero-order chi connectivity index (χ0) is 35.8. The second kappa shape index (κ2) is 15.3. The highest BCUT2D eigenvalue weighted by molar-refractivity contribution is 7.92. The molecule has 0 amide bonds. The number of anilines is 2. The van der Waals surface area contributed by atoms with E-state index in [9.17, 15) is 34.8 Å². The van der Waals surface area contributed by atoms with Gasteiger partial charge in [0, 0.05) is 12.4 Å². The second-order valence-corrected chi connectivity index (χ2v) is 14.2. The van der Waals surface area contributed by atoms with Crippen LogP contribution in [0.3, 0.4) is 0 Å². The molecule has 0 atom stereocenters. The molecule has 0 aliphatic rings. The third-order valence-electron chi connectivity index (χ3n) is 6.55. The lowest BCUT2D eigenvalue weighted by Crippen LogP contribution is -2.29. The fourth-order valence-corrected chi connectivity index (χ4v) is 5.97. The number of hydrogen-bond acceptors (Lipinski definition) is 11. The molecule has 49 heavy (non-hydrogen) atoms. The lowest BCUT2D eigenvalue weighted by atomic mass is 10.2. The maximum absolute atomic E-state index is 12.5. The first kappa shape index (κ1) is 36.6. The van der Waals surface area contributed by atoms with E-state index in [0.29, 0.717) is 22.5 Å². The van der Waals surface area contributed by atoms with Gasteiger partial charge in [0.25, 0.3) is 5.89 Å². The van der Waals surface area contributed by atoms with Gasteiger partial charge in [-0.1, -0.05) is 48.5 Å². The first-order valence-corrected chi connectivity index (χ1v) is 17.9. The van der Waals surface area contributed by atoms with Crippen LogP contribution in [0.2, 0.25) is 0 Å². The predicted octanol–water partition coefficient (Wildman–Crippen LogP) is 4.31. The molecule has 0 saturated carbocycles. The monoisotopic (exact) mass is 717 g/mol. The van der Waals surface area contributed by atoms with Crippen molar-refractivity contribution in [3.05, 3.63) is 120 Å². The summed E-state index contributed by atoms with van der Waals surface area (Å²) in [6.07, 6.45) is 0.327. The molecule has 0 saturated heterocycles. The quantitative estimate of drug-likeness (QED) is 0.192. The van der Waals surface area contributed by atoms with Gasteiger partial charge in [-0.2, -0.15) is 13.2 Å². The van der Waals surface area contributed by atoms with E-state index in [1.807, 2.05) is 6.07 Å². The van der Waals surface area contributed by atoms with Crippen LogP contribution in [-0.4, -0.2) is 61.8 Å². The van der Waals surface area contributed by atoms with Gasteiger partial charge < -0.3 is 10.2 Å². The summed E-state index contributed by atoms with van der Waals surface area (Å²) in [5, 5.41) is 6.26. The Labute approximate surface area is 280 Å². The molecule has 5 aromatic rings. The van der Waals surface area contributed by atoms with E-state index in [1.54, 1.807) is 66.7 Å². The van der Waals surface area contributed by atoms with Crippen molar-refractivity contribution in [2.45, 2.75) is 19.3 Å². The number of carbonyl (C=O) groups excluding carboxylic acids is 1. The Morgan fingerprint density at radius 1 is 0.735 bits per heavy atom. The molecule has 0 fully saturated rings. The minimum atomic E-state index is -4.74. The number of alkyl halides is 3. The third kappa shape index (κ3) is 10.1. The molecule has 0 unspecified atom stereocenters. The number of benzene rings is 2. The number of aromatic nitrogens is 4. The molecule has 2 aromatic carbocycles. The molecule has 2 N–H and O–H groups in total. The van der Waals surface area contributed by atoms with E-state index in [0.717, 1.165) is 12.5 Å². The molecule has 5 rings (SSSR count). The third-order valence-corrected chi connectivity index (χ3v) is 8.83. The normalized spacial score (nSPS) is 11.7. The maximum Gasteiger partial charge on any atom is 0.470 e. The van der Waals surface area contributed by atoms with Gasteiger partial charge in [0.2, 0.25) is 20.0 Å². The van der Waals surface area contributed by atoms with Gasteiger partial charge in [-0.3, -0.25) is 23.4 Å². The number of sulfonamides is 2. The number of halogens is 3. The van der Waals surface area contributed by atoms with Crippen LogP contribution in [0, 0.1) is 0 Å². The van der Waals surface area contributed by atoms with Gasteiger partial charge in [0.1, 0.15) is 11.4 Å². The molecule has 0 aliphatic heterocycles. The number of hydrogen-bond donors (Lipinski definition) is 1. The average molecular weight is 718 g/mol. The number of para-hydroxylation sites is 2. The maximum atomic E-state index is 12.5. The number of ketones is 1. The number of carbonyl (C=O) groups is 1. The smallest absolute Gasteiger partial charge is 0.411 e. The lowest BCUT2D eigenvalue weighted by molar-refractivity contribution is -0.156. The summed E-state index contributed by atoms with van der Waals surface area (Å²) in [6.45, 7) is 0.0481. The second-order valence-electron chi connectivity index (χ2n) is 10.4. The number of pyridine rings is 2. The van der Waals surface area contributed by atoms with E-state index < -0.39 is 32.1 Å². The minimum Gasteiger partial charge on any atom is -0.411 e. The van der Waals surface area contributed by atoms with Crippen molar-refractivity contribution in [2.24, 2.45) is 5.73 Å². The topological polar surface area (TPSA) is 183 Å². The Kier molecular flexibility index (Phi) is 11.5. The summed E-state index contributed by atoms with van der Waals surface area (Å²) in [5.74, 6) is -2.10. The largest absolute Gasteiger partial charge is 0.470 e. The van der Waals surface area contributed by atoms with Crippen LogP contribution < -0.4 is 14.3 Å². The van der Waals surface area contributed by atoms with Crippen LogP contribution in [0.5, 0.6) is 0 Å². The zero-order valence-electron chi connectivity index (χ0n) is 26.0. The summed E-state index contributed by atoms with van der Waals surface area (Å²) >= 11 is 0. The summed E-state index contributed by atoms with van der Waals surface area (Å²) in [5.41, 5.74) is 7.87. The van der Waals surface area contributed by atoms with Crippen LogP contribution in [0.1, 0.15) is 27.5 Å². The van der Waals surface area contributed by atoms with Gasteiger partial charge in [0.15, 0.2) is 5.78 Å². The van der Waals surface area contributed by atoms with Crippen molar-refractivity contribution in [3.8, 4) is 11.6 Å². The summed E-state index contributed by atoms with van der Waals surface area (Å²) in [7, 11) is -6.98. The first-order chi connectivity index (χ1) is 23.1. The molecule has 3 heterocycles. The van der Waals surface area contributed by atoms with Crippen LogP contribution in [0.4, 0.5) is 24.5 Å². The molecule has 0 radical (unpaired) electrons. The Morgan fingerprint density at radius 3 is 1.59 bits per heavy atom. The van der Waals surface area contributed by atoms with Crippen molar-refractivity contribution in [1.82, 2.24) is 20.2 Å². The predicted molar refractivity (Wildman–Crippen MR) is 175 cm³/mol. The van der Waals surface area contributed by atoms with Gasteiger partial charge in [-0.05, 0) is 47.5 Å². The minimum absolute atomic E-state index is 0.00770. The van der Waals surface area contributed by atoms with Gasteiger partial charge in [0.05, 0.1) is 43.5 Å². The fraction of sp³-hybridized carbons (Fsp3) is 0.194. The summed E-state index contributed by atoms with van der Waals surface area (Å²) in [4.78, 5) is 19.4. The molecule has 13 nitrogen and oxygen atoms in total. The number of rotatable bonds is 11. The summed E-state index contributed by atoms with van der Waals surface area (Å²) < 4.78 is 92.8. The highest BCUT2D eigenvalue weighted by atomic mass is 32.2. The lowest BCUT2D eigenvalue weighted by Gasteiger charge is -2.22. The number of nitrogens with zero attached hydrogens (tertiary/aromatic N) is 6. The van der Waals surface area contributed by atoms with Gasteiger partial charge in [-0.15, -0.1) is 10.2 Å². The fourth-order valence-electron chi connectivity index (χ4n) is 4.19. The Bertz CT molecular complexity index is 2060. The molecule has 258 valence electrons. The molecule has 18 heteroatoms. The molecule has 0 spiro atoms. The van der Waals surface area contributed by atoms with Crippen LogP contribution in [0.25, 0.3) is 11.6 Å². The van der Waals surface area contributed by atoms with Crippen LogP contribution in [0.15, 0.2) is 102 Å². The average Bonchev–Trinajstić information content (AvgIpc) is 3.58. The van der Waals surface area contributed by atoms with Crippen molar-refractivity contribution >= 4 is 37.2 Å². The van der Waals surface area contributed by atoms with E-state index in [4.69, 9.17) is 5.73 Å². The molecular formula is C31H30F3N7O6S2. The standard InChI is InChI=1S/C16H13F3N4O3S.C15H17N3O3S/c1-27(24,25)23(12-5-3-2-4-6-12)10-11-7-8-13(20-9-11)14-21-22-15(26-14)16(17,18)19;1-22(20,21)18(13-5-3-2-4-6-13)11-12-7-8-14(17-10-12)15(19)9-16/h2-9H,10H2,1H3;2-8,10H,9,11,16H2,1H3. The van der Waals surface area contributed by atoms with E-state index >= 15 is 0 Å². The Hall–Kier alpha value is -5.20. The number of nitrogens with two attached hydrogens (primary N) is 1. The van der Waals surface area contributed by atoms with E-state index in [-0.39, 0.29) is 42.7 Å². The first-order valence-electron chi connectivity index (χ1n) is 14.2.